The molecule has 2 N–H and O–H groups in total. The van der Waals surface area contributed by atoms with Crippen LogP contribution in [-0.2, 0) is 24.8 Å². The molecule has 11 heteroatoms. The standard InChI is InChI=1S/C33H33ClN6O4/c1-18-20(7-5-9-24(18)37-31(41)26-15-22(19-11-12-19)23(16-35-26)33(43)44-4)21-8-6-10-25(29(21)34)38-32(42)30-36-27-17-39(2)14-13-28(27)40(30)3/h5-10,15-16,19H,11-14,17H2,1-4H3,(H,37,41)(H,38,42). The van der Waals surface area contributed by atoms with Crippen LogP contribution in [0.1, 0.15) is 72.7 Å². The molecule has 0 bridgehead atoms. The number of benzene rings is 2. The van der Waals surface area contributed by atoms with Crippen LogP contribution in [-0.4, -0.2) is 57.9 Å². The zero-order valence-electron chi connectivity index (χ0n) is 25.0. The summed E-state index contributed by atoms with van der Waals surface area (Å²) in [4.78, 5) is 49.8. The number of aromatic nitrogens is 3. The highest BCUT2D eigenvalue weighted by molar-refractivity contribution is 6.36. The van der Waals surface area contributed by atoms with E-state index < -0.39 is 5.97 Å². The fourth-order valence-electron chi connectivity index (χ4n) is 5.73. The lowest BCUT2D eigenvalue weighted by molar-refractivity contribution is 0.0598. The number of halogens is 1. The molecular weight excluding hydrogens is 580 g/mol. The molecule has 2 amide bonds. The third-order valence-corrected chi connectivity index (χ3v) is 8.77. The number of hydrogen-bond donors (Lipinski definition) is 2. The van der Waals surface area contributed by atoms with Gasteiger partial charge in [-0.15, -0.1) is 0 Å². The van der Waals surface area contributed by atoms with Crippen molar-refractivity contribution in [2.45, 2.75) is 38.6 Å². The summed E-state index contributed by atoms with van der Waals surface area (Å²) in [5, 5.41) is 6.28. The van der Waals surface area contributed by atoms with Gasteiger partial charge in [0.05, 0.1) is 29.1 Å². The SMILES string of the molecule is COC(=O)c1cnc(C(=O)Nc2cccc(-c3cccc(NC(=O)c4nc5c(n4C)CCN(C)C5)c3Cl)c2C)cc1C1CC1. The van der Waals surface area contributed by atoms with Crippen molar-refractivity contribution in [1.29, 1.82) is 0 Å². The Morgan fingerprint density at radius 2 is 1.70 bits per heavy atom. The third-order valence-electron chi connectivity index (χ3n) is 8.36. The average Bonchev–Trinajstić information content (AvgIpc) is 3.82. The van der Waals surface area contributed by atoms with Gasteiger partial charge in [-0.05, 0) is 67.6 Å². The molecule has 0 radical (unpaired) electrons. The number of hydrogen-bond acceptors (Lipinski definition) is 7. The first-order valence-corrected chi connectivity index (χ1v) is 14.9. The molecule has 0 unspecified atom stereocenters. The van der Waals surface area contributed by atoms with Crippen molar-refractivity contribution >= 4 is 40.8 Å². The minimum Gasteiger partial charge on any atom is -0.465 e. The summed E-state index contributed by atoms with van der Waals surface area (Å²) in [5.74, 6) is -0.622. The van der Waals surface area contributed by atoms with Crippen molar-refractivity contribution in [2.24, 2.45) is 7.05 Å². The average molecular weight is 613 g/mol. The second kappa shape index (κ2) is 11.9. The van der Waals surface area contributed by atoms with Gasteiger partial charge in [-0.1, -0.05) is 35.9 Å². The lowest BCUT2D eigenvalue weighted by atomic mass is 9.98. The Hall–Kier alpha value is -4.54. The van der Waals surface area contributed by atoms with Gasteiger partial charge in [0.15, 0.2) is 5.82 Å². The molecule has 0 saturated heterocycles. The van der Waals surface area contributed by atoms with Gasteiger partial charge in [-0.2, -0.15) is 0 Å². The van der Waals surface area contributed by atoms with E-state index in [1.54, 1.807) is 18.2 Å². The molecule has 44 heavy (non-hydrogen) atoms. The fraction of sp³-hybridized carbons (Fsp3) is 0.303. The number of esters is 1. The number of imidazole rings is 1. The number of carbonyl (C=O) groups excluding carboxylic acids is 3. The summed E-state index contributed by atoms with van der Waals surface area (Å²) in [6.45, 7) is 3.51. The number of amides is 2. The summed E-state index contributed by atoms with van der Waals surface area (Å²) in [6, 6.07) is 12.7. The monoisotopic (exact) mass is 612 g/mol. The molecule has 2 aliphatic rings. The molecule has 0 spiro atoms. The summed E-state index contributed by atoms with van der Waals surface area (Å²) in [5.41, 5.74) is 6.72. The first-order chi connectivity index (χ1) is 21.2. The molecule has 1 aliphatic carbocycles. The maximum absolute atomic E-state index is 13.3. The van der Waals surface area contributed by atoms with Crippen LogP contribution in [0.15, 0.2) is 48.7 Å². The summed E-state index contributed by atoms with van der Waals surface area (Å²) in [7, 11) is 5.23. The van der Waals surface area contributed by atoms with Crippen LogP contribution in [0, 0.1) is 6.92 Å². The Kier molecular flexibility index (Phi) is 7.96. The predicted molar refractivity (Wildman–Crippen MR) is 168 cm³/mol. The summed E-state index contributed by atoms with van der Waals surface area (Å²) < 4.78 is 6.75. The molecule has 4 aromatic rings. The molecule has 10 nitrogen and oxygen atoms in total. The lowest BCUT2D eigenvalue weighted by Gasteiger charge is -2.21. The third kappa shape index (κ3) is 5.58. The van der Waals surface area contributed by atoms with E-state index in [1.165, 1.54) is 13.3 Å². The topological polar surface area (TPSA) is 118 Å². The fourth-order valence-corrected chi connectivity index (χ4v) is 6.01. The molecule has 2 aromatic carbocycles. The van der Waals surface area contributed by atoms with Crippen LogP contribution in [0.3, 0.4) is 0 Å². The summed E-state index contributed by atoms with van der Waals surface area (Å²) >= 11 is 6.88. The van der Waals surface area contributed by atoms with Gasteiger partial charge < -0.3 is 24.8 Å². The van der Waals surface area contributed by atoms with Crippen LogP contribution in [0.25, 0.3) is 11.1 Å². The number of nitrogens with one attached hydrogen (secondary N) is 2. The van der Waals surface area contributed by atoms with Crippen molar-refractivity contribution in [1.82, 2.24) is 19.4 Å². The number of rotatable bonds is 7. The van der Waals surface area contributed by atoms with E-state index in [2.05, 4.69) is 25.5 Å². The molecule has 6 rings (SSSR count). The van der Waals surface area contributed by atoms with Crippen LogP contribution < -0.4 is 10.6 Å². The first-order valence-electron chi connectivity index (χ1n) is 14.5. The second-order valence-electron chi connectivity index (χ2n) is 11.4. The molecule has 3 heterocycles. The lowest BCUT2D eigenvalue weighted by Crippen LogP contribution is -2.27. The van der Waals surface area contributed by atoms with Gasteiger partial charge in [0, 0.05) is 49.7 Å². The van der Waals surface area contributed by atoms with E-state index in [1.807, 2.05) is 49.9 Å². The minimum absolute atomic E-state index is 0.217. The zero-order valence-corrected chi connectivity index (χ0v) is 25.8. The van der Waals surface area contributed by atoms with Crippen molar-refractivity contribution in [3.8, 4) is 11.1 Å². The molecular formula is C33H33ClN6O4. The normalized spacial score (nSPS) is 14.6. The molecule has 1 saturated carbocycles. The molecule has 1 fully saturated rings. The van der Waals surface area contributed by atoms with Crippen molar-refractivity contribution in [3.05, 3.63) is 93.3 Å². The number of ether oxygens (including phenoxy) is 1. The Bertz CT molecular complexity index is 1810. The van der Waals surface area contributed by atoms with Crippen molar-refractivity contribution in [3.63, 3.8) is 0 Å². The number of nitrogens with zero attached hydrogens (tertiary/aromatic N) is 4. The first kappa shape index (κ1) is 29.5. The smallest absolute Gasteiger partial charge is 0.339 e. The number of fused-ring (bicyclic) bond motifs is 1. The quantitative estimate of drug-likeness (QED) is 0.261. The van der Waals surface area contributed by atoms with Gasteiger partial charge in [0.2, 0.25) is 0 Å². The number of anilines is 2. The molecule has 2 aromatic heterocycles. The maximum atomic E-state index is 13.3. The Morgan fingerprint density at radius 1 is 1.00 bits per heavy atom. The Morgan fingerprint density at radius 3 is 2.43 bits per heavy atom. The van der Waals surface area contributed by atoms with Gasteiger partial charge in [0.25, 0.3) is 11.8 Å². The second-order valence-corrected chi connectivity index (χ2v) is 11.7. The van der Waals surface area contributed by atoms with Crippen molar-refractivity contribution in [2.75, 3.05) is 31.3 Å². The Labute approximate surface area is 260 Å². The van der Waals surface area contributed by atoms with E-state index >= 15 is 0 Å². The molecule has 1 aliphatic heterocycles. The van der Waals surface area contributed by atoms with Gasteiger partial charge >= 0.3 is 5.97 Å². The number of carbonyl (C=O) groups is 3. The van der Waals surface area contributed by atoms with Crippen LogP contribution in [0.5, 0.6) is 0 Å². The maximum Gasteiger partial charge on any atom is 0.339 e. The predicted octanol–water partition coefficient (Wildman–Crippen LogP) is 5.60. The molecule has 0 atom stereocenters. The highest BCUT2D eigenvalue weighted by atomic mass is 35.5. The molecule has 226 valence electrons. The number of pyridine rings is 1. The number of methoxy groups -OCH3 is 1. The van der Waals surface area contributed by atoms with E-state index in [-0.39, 0.29) is 23.4 Å². The van der Waals surface area contributed by atoms with Crippen LogP contribution in [0.2, 0.25) is 5.02 Å². The van der Waals surface area contributed by atoms with E-state index in [0.29, 0.717) is 39.9 Å². The van der Waals surface area contributed by atoms with Crippen LogP contribution in [0.4, 0.5) is 11.4 Å². The highest BCUT2D eigenvalue weighted by Crippen LogP contribution is 2.42. The number of likely N-dealkylation sites (N-methyl/N-ethyl adjacent to an activating group) is 1. The zero-order chi connectivity index (χ0) is 31.1. The van der Waals surface area contributed by atoms with Crippen molar-refractivity contribution < 1.29 is 19.1 Å². The van der Waals surface area contributed by atoms with E-state index in [4.69, 9.17) is 16.3 Å². The summed E-state index contributed by atoms with van der Waals surface area (Å²) in [6.07, 6.45) is 4.16. The van der Waals surface area contributed by atoms with Crippen LogP contribution >= 0.6 is 11.6 Å². The van der Waals surface area contributed by atoms with E-state index in [9.17, 15) is 14.4 Å². The Balaban J connectivity index is 1.24. The van der Waals surface area contributed by atoms with E-state index in [0.717, 1.165) is 53.9 Å². The van der Waals surface area contributed by atoms with Gasteiger partial charge in [0.1, 0.15) is 5.69 Å². The minimum atomic E-state index is -0.461. The largest absolute Gasteiger partial charge is 0.465 e. The van der Waals surface area contributed by atoms with Gasteiger partial charge in [-0.25, -0.2) is 9.78 Å². The van der Waals surface area contributed by atoms with Gasteiger partial charge in [-0.3, -0.25) is 14.6 Å². The highest BCUT2D eigenvalue weighted by Gasteiger charge is 2.30.